The van der Waals surface area contributed by atoms with Crippen molar-refractivity contribution in [3.8, 4) is 0 Å². The van der Waals surface area contributed by atoms with Gasteiger partial charge >= 0.3 is 6.16 Å². The number of carbonyl (C=O) groups is 1. The second kappa shape index (κ2) is 9.13. The van der Waals surface area contributed by atoms with Crippen molar-refractivity contribution in [2.75, 3.05) is 30.3 Å². The van der Waals surface area contributed by atoms with Gasteiger partial charge in [-0.1, -0.05) is 30.3 Å². The molecular weight excluding hydrogens is 478 g/mol. The number of nitrogens with zero attached hydrogens (tertiary/aromatic N) is 5. The lowest BCUT2D eigenvalue weighted by molar-refractivity contribution is -0.209. The molecule has 0 saturated carbocycles. The minimum atomic E-state index is -3.06. The van der Waals surface area contributed by atoms with E-state index in [0.717, 1.165) is 37.4 Å². The van der Waals surface area contributed by atoms with Crippen LogP contribution in [0.25, 0.3) is 11.2 Å². The number of hydrogen-bond donors (Lipinski definition) is 2. The van der Waals surface area contributed by atoms with Crippen molar-refractivity contribution in [1.82, 2.24) is 19.5 Å². The summed E-state index contributed by atoms with van der Waals surface area (Å²) in [6, 6.07) is 8.71. The topological polar surface area (TPSA) is 138 Å². The molecule has 4 heterocycles. The van der Waals surface area contributed by atoms with Gasteiger partial charge in [0.2, 0.25) is 12.1 Å². The minimum absolute atomic E-state index is 0.0735. The number of halogens is 2. The Kier molecular flexibility index (Phi) is 6.12. The van der Waals surface area contributed by atoms with Crippen LogP contribution in [0.4, 0.5) is 25.3 Å². The van der Waals surface area contributed by atoms with Gasteiger partial charge < -0.3 is 30.0 Å². The Bertz CT molecular complexity index is 1250. The normalized spacial score (nSPS) is 28.1. The van der Waals surface area contributed by atoms with E-state index in [2.05, 4.69) is 15.0 Å². The first-order valence-electron chi connectivity index (χ1n) is 11.5. The first-order valence-corrected chi connectivity index (χ1v) is 11.5. The molecule has 0 amide bonds. The summed E-state index contributed by atoms with van der Waals surface area (Å²) in [6.45, 7) is 1.06. The van der Waals surface area contributed by atoms with Gasteiger partial charge in [-0.25, -0.2) is 18.6 Å². The molecule has 0 aliphatic carbocycles. The number of aromatic nitrogens is 4. The quantitative estimate of drug-likeness (QED) is 0.482. The van der Waals surface area contributed by atoms with E-state index in [4.69, 9.17) is 19.9 Å². The average molecular weight is 504 g/mol. The molecule has 192 valence electrons. The molecule has 1 aromatic carbocycles. The number of rotatable bonds is 6. The SMILES string of the molecule is C[C@]1(F)[C@H](n2cnc3c(N4CCCC4)nc(N)nc32)O[C@](F)(CO)[C@H]1OC(=O)OCc1ccccc1. The third-order valence-electron chi connectivity index (χ3n) is 6.40. The molecule has 11 nitrogen and oxygen atoms in total. The highest BCUT2D eigenvalue weighted by Gasteiger charge is 2.67. The van der Waals surface area contributed by atoms with Crippen LogP contribution in [0.1, 0.15) is 31.6 Å². The molecule has 2 aliphatic rings. The van der Waals surface area contributed by atoms with E-state index in [1.807, 2.05) is 4.90 Å². The van der Waals surface area contributed by atoms with Gasteiger partial charge in [-0.2, -0.15) is 9.97 Å². The summed E-state index contributed by atoms with van der Waals surface area (Å²) in [4.78, 5) is 27.1. The Morgan fingerprint density at radius 2 is 1.97 bits per heavy atom. The number of imidazole rings is 1. The zero-order valence-electron chi connectivity index (χ0n) is 19.5. The van der Waals surface area contributed by atoms with E-state index in [9.17, 15) is 9.90 Å². The second-order valence-electron chi connectivity index (χ2n) is 9.01. The van der Waals surface area contributed by atoms with E-state index in [-0.39, 0.29) is 18.2 Å². The fraction of sp³-hybridized carbons (Fsp3) is 0.478. The first-order chi connectivity index (χ1) is 17.2. The smallest absolute Gasteiger partial charge is 0.429 e. The maximum Gasteiger partial charge on any atom is 0.509 e. The number of nitrogens with two attached hydrogens (primary N) is 1. The number of hydrogen-bond acceptors (Lipinski definition) is 10. The van der Waals surface area contributed by atoms with Crippen molar-refractivity contribution >= 4 is 29.1 Å². The Morgan fingerprint density at radius 1 is 1.25 bits per heavy atom. The summed E-state index contributed by atoms with van der Waals surface area (Å²) in [7, 11) is 0. The van der Waals surface area contributed by atoms with Crippen LogP contribution in [0.2, 0.25) is 0 Å². The Labute approximate surface area is 204 Å². The number of anilines is 2. The van der Waals surface area contributed by atoms with E-state index >= 15 is 8.78 Å². The van der Waals surface area contributed by atoms with Crippen LogP contribution in [-0.2, 0) is 20.8 Å². The van der Waals surface area contributed by atoms with Crippen molar-refractivity contribution in [3.63, 3.8) is 0 Å². The first kappa shape index (κ1) is 24.1. The molecule has 36 heavy (non-hydrogen) atoms. The highest BCUT2D eigenvalue weighted by molar-refractivity contribution is 5.85. The lowest BCUT2D eigenvalue weighted by Crippen LogP contribution is -2.49. The standard InChI is InChI=1S/C23H26F2N6O5/c1-22(24)18(35-21(33)34-11-14-7-3-2-4-8-14)23(25,12-32)36-19(22)31-13-27-15-16(30-9-5-6-10-30)28-20(26)29-17(15)31/h2-4,7-8,13,18-19,32H,5-6,9-12H2,1H3,(H2,26,28,29)/t18-,19+,22+,23+/m0/s1. The number of benzene rings is 1. The van der Waals surface area contributed by atoms with Crippen LogP contribution in [-0.4, -0.2) is 68.1 Å². The van der Waals surface area contributed by atoms with E-state index < -0.39 is 36.6 Å². The van der Waals surface area contributed by atoms with Crippen LogP contribution >= 0.6 is 0 Å². The van der Waals surface area contributed by atoms with E-state index in [1.165, 1.54) is 6.33 Å². The number of nitrogen functional groups attached to an aromatic ring is 1. The van der Waals surface area contributed by atoms with Crippen molar-refractivity contribution in [1.29, 1.82) is 0 Å². The average Bonchev–Trinajstić information content (AvgIpc) is 3.58. The highest BCUT2D eigenvalue weighted by Crippen LogP contribution is 2.50. The van der Waals surface area contributed by atoms with Gasteiger partial charge in [0.25, 0.3) is 5.85 Å². The molecule has 0 bridgehead atoms. The summed E-state index contributed by atoms with van der Waals surface area (Å²) < 4.78 is 48.4. The fourth-order valence-electron chi connectivity index (χ4n) is 4.65. The molecule has 5 rings (SSSR count). The minimum Gasteiger partial charge on any atom is -0.429 e. The molecule has 2 aromatic heterocycles. The van der Waals surface area contributed by atoms with Crippen molar-refractivity contribution < 1.29 is 32.9 Å². The third kappa shape index (κ3) is 4.17. The highest BCUT2D eigenvalue weighted by atomic mass is 19.2. The number of ether oxygens (including phenoxy) is 3. The molecule has 2 fully saturated rings. The molecule has 2 aliphatic heterocycles. The van der Waals surface area contributed by atoms with Gasteiger partial charge in [0.15, 0.2) is 28.9 Å². The van der Waals surface area contributed by atoms with Crippen LogP contribution in [0, 0.1) is 0 Å². The molecule has 3 aromatic rings. The maximum atomic E-state index is 16.2. The summed E-state index contributed by atoms with van der Waals surface area (Å²) in [5.41, 5.74) is 4.36. The number of aliphatic hydroxyl groups is 1. The van der Waals surface area contributed by atoms with Crippen LogP contribution in [0.15, 0.2) is 36.7 Å². The monoisotopic (exact) mass is 504 g/mol. The summed E-state index contributed by atoms with van der Waals surface area (Å²) in [5, 5.41) is 9.73. The molecule has 3 N–H and O–H groups in total. The Hall–Kier alpha value is -3.58. The molecule has 0 spiro atoms. The van der Waals surface area contributed by atoms with Crippen molar-refractivity contribution in [3.05, 3.63) is 42.2 Å². The predicted molar refractivity (Wildman–Crippen MR) is 123 cm³/mol. The predicted octanol–water partition coefficient (Wildman–Crippen LogP) is 2.65. The van der Waals surface area contributed by atoms with E-state index in [1.54, 1.807) is 30.3 Å². The summed E-state index contributed by atoms with van der Waals surface area (Å²) >= 11 is 0. The van der Waals surface area contributed by atoms with Crippen molar-refractivity contribution in [2.45, 2.75) is 50.2 Å². The van der Waals surface area contributed by atoms with Gasteiger partial charge in [-0.15, -0.1) is 0 Å². The number of aliphatic hydroxyl groups excluding tert-OH is 1. The molecular formula is C23H26F2N6O5. The fourth-order valence-corrected chi connectivity index (χ4v) is 4.65. The molecule has 13 heteroatoms. The molecule has 4 atom stereocenters. The number of alkyl halides is 2. The second-order valence-corrected chi connectivity index (χ2v) is 9.01. The number of carbonyl (C=O) groups excluding carboxylic acids is 1. The molecule has 0 unspecified atom stereocenters. The van der Waals surface area contributed by atoms with Gasteiger partial charge in [0.05, 0.1) is 6.33 Å². The lowest BCUT2D eigenvalue weighted by Gasteiger charge is -2.28. The van der Waals surface area contributed by atoms with Gasteiger partial charge in [-0.05, 0) is 25.3 Å². The zero-order valence-corrected chi connectivity index (χ0v) is 19.5. The molecule has 0 radical (unpaired) electrons. The van der Waals surface area contributed by atoms with Crippen LogP contribution in [0.3, 0.4) is 0 Å². The van der Waals surface area contributed by atoms with E-state index in [0.29, 0.717) is 16.9 Å². The van der Waals surface area contributed by atoms with Crippen LogP contribution < -0.4 is 10.6 Å². The van der Waals surface area contributed by atoms with Crippen molar-refractivity contribution in [2.24, 2.45) is 0 Å². The lowest BCUT2D eigenvalue weighted by atomic mass is 9.97. The van der Waals surface area contributed by atoms with Gasteiger partial charge in [0.1, 0.15) is 13.2 Å². The molecule has 2 saturated heterocycles. The van der Waals surface area contributed by atoms with Crippen LogP contribution in [0.5, 0.6) is 0 Å². The zero-order chi connectivity index (χ0) is 25.5. The largest absolute Gasteiger partial charge is 0.509 e. The van der Waals surface area contributed by atoms with Gasteiger partial charge in [-0.3, -0.25) is 4.57 Å². The maximum absolute atomic E-state index is 16.2. The summed E-state index contributed by atoms with van der Waals surface area (Å²) in [5.74, 6) is -2.65. The Balaban J connectivity index is 1.43. The number of fused-ring (bicyclic) bond motifs is 1. The summed E-state index contributed by atoms with van der Waals surface area (Å²) in [6.07, 6.45) is -1.99. The van der Waals surface area contributed by atoms with Gasteiger partial charge in [0, 0.05) is 13.1 Å². The Morgan fingerprint density at radius 3 is 2.67 bits per heavy atom. The third-order valence-corrected chi connectivity index (χ3v) is 6.40.